The minimum Gasteiger partial charge on any atom is -0.424 e. The van der Waals surface area contributed by atoms with E-state index in [1.807, 2.05) is 0 Å². The van der Waals surface area contributed by atoms with Gasteiger partial charge in [0.05, 0.1) is 6.61 Å². The molecule has 0 radical (unpaired) electrons. The molecule has 0 fully saturated rings. The number of benzene rings is 1. The summed E-state index contributed by atoms with van der Waals surface area (Å²) in [5, 5.41) is 14.0. The van der Waals surface area contributed by atoms with Gasteiger partial charge in [-0.3, -0.25) is 14.4 Å². The Balaban J connectivity index is 2.95. The molecule has 0 saturated heterocycles. The molecule has 1 rings (SSSR count). The number of nitrogens with one attached hydrogen (secondary N) is 2. The fourth-order valence-electron chi connectivity index (χ4n) is 2.32. The molecule has 29 heavy (non-hydrogen) atoms. The van der Waals surface area contributed by atoms with Crippen molar-refractivity contribution in [2.45, 2.75) is 32.2 Å². The summed E-state index contributed by atoms with van der Waals surface area (Å²) >= 11 is 4.03. The Morgan fingerprint density at radius 3 is 2.24 bits per heavy atom. The van der Waals surface area contributed by atoms with Gasteiger partial charge in [0, 0.05) is 31.7 Å². The number of nitrogens with zero attached hydrogens (tertiary/aromatic N) is 1. The van der Waals surface area contributed by atoms with E-state index >= 15 is 0 Å². The lowest BCUT2D eigenvalue weighted by Crippen LogP contribution is -2.62. The van der Waals surface area contributed by atoms with Crippen molar-refractivity contribution in [3.8, 4) is 5.75 Å². The van der Waals surface area contributed by atoms with Gasteiger partial charge in [-0.15, -0.1) is 10.1 Å². The van der Waals surface area contributed by atoms with Gasteiger partial charge >= 0.3 is 5.97 Å². The third-order valence-corrected chi connectivity index (χ3v) is 4.06. The number of Topliss-reactive ketones (excluding diaryl/α,β-unsaturated/α-hetero) is 1. The van der Waals surface area contributed by atoms with Crippen molar-refractivity contribution in [2.75, 3.05) is 17.7 Å². The molecule has 0 heterocycles. The van der Waals surface area contributed by atoms with E-state index in [1.165, 1.54) is 31.2 Å². The Labute approximate surface area is 171 Å². The van der Waals surface area contributed by atoms with Crippen LogP contribution in [0.15, 0.2) is 24.3 Å². The minimum absolute atomic E-state index is 0.0480. The summed E-state index contributed by atoms with van der Waals surface area (Å²) in [5.74, 6) is -3.03. The average Bonchev–Trinajstić information content (AvgIpc) is 2.63. The van der Waals surface area contributed by atoms with E-state index in [0.717, 1.165) is 6.92 Å². The summed E-state index contributed by atoms with van der Waals surface area (Å²) in [6.45, 7) is 2.11. The molecule has 12 heteroatoms. The molecule has 0 bridgehead atoms. The summed E-state index contributed by atoms with van der Waals surface area (Å²) in [5.41, 5.74) is -1.60. The number of anilines is 1. The maximum atomic E-state index is 12.7. The predicted molar refractivity (Wildman–Crippen MR) is 104 cm³/mol. The van der Waals surface area contributed by atoms with Crippen LogP contribution >= 0.6 is 12.6 Å². The SMILES string of the molecule is CC(=O)Nc1ccc(OC(=O)C(CS)(NC(C)=O)C(=O)CCCO[N+](=O)[O-])cc1. The van der Waals surface area contributed by atoms with Crippen LogP contribution in [0.25, 0.3) is 0 Å². The number of amides is 2. The molecule has 1 aromatic rings. The summed E-state index contributed by atoms with van der Waals surface area (Å²) in [4.78, 5) is 62.3. The van der Waals surface area contributed by atoms with Crippen LogP contribution in [0.1, 0.15) is 26.7 Å². The smallest absolute Gasteiger partial charge is 0.345 e. The number of ether oxygens (including phenoxy) is 1. The van der Waals surface area contributed by atoms with Gasteiger partial charge in [-0.25, -0.2) is 4.79 Å². The van der Waals surface area contributed by atoms with E-state index in [1.54, 1.807) is 0 Å². The van der Waals surface area contributed by atoms with Crippen molar-refractivity contribution in [1.29, 1.82) is 0 Å². The normalized spacial score (nSPS) is 12.2. The van der Waals surface area contributed by atoms with Crippen molar-refractivity contribution in [3.63, 3.8) is 0 Å². The van der Waals surface area contributed by atoms with Crippen LogP contribution in [-0.2, 0) is 24.0 Å². The Kier molecular flexibility index (Phi) is 9.06. The summed E-state index contributed by atoms with van der Waals surface area (Å²) in [6, 6.07) is 5.77. The molecule has 0 aliphatic rings. The van der Waals surface area contributed by atoms with Crippen LogP contribution in [0.2, 0.25) is 0 Å². The number of esters is 1. The van der Waals surface area contributed by atoms with Gasteiger partial charge in [-0.1, -0.05) is 0 Å². The van der Waals surface area contributed by atoms with Gasteiger partial charge in [-0.2, -0.15) is 12.6 Å². The van der Waals surface area contributed by atoms with Crippen LogP contribution in [-0.4, -0.2) is 46.6 Å². The molecule has 2 amide bonds. The molecule has 0 saturated carbocycles. The van der Waals surface area contributed by atoms with Gasteiger partial charge in [0.1, 0.15) is 5.75 Å². The lowest BCUT2D eigenvalue weighted by Gasteiger charge is -2.29. The Bertz CT molecular complexity index is 783. The van der Waals surface area contributed by atoms with Gasteiger partial charge in [0.15, 0.2) is 5.78 Å². The molecule has 11 nitrogen and oxygen atoms in total. The second kappa shape index (κ2) is 11.0. The molecule has 2 N–H and O–H groups in total. The first-order valence-corrected chi connectivity index (χ1v) is 9.04. The van der Waals surface area contributed by atoms with Crippen LogP contribution < -0.4 is 15.4 Å². The number of carbonyl (C=O) groups is 4. The predicted octanol–water partition coefficient (Wildman–Crippen LogP) is 0.913. The highest BCUT2D eigenvalue weighted by Gasteiger charge is 2.46. The fourth-order valence-corrected chi connectivity index (χ4v) is 2.70. The molecule has 158 valence electrons. The van der Waals surface area contributed by atoms with Crippen molar-refractivity contribution < 1.29 is 33.8 Å². The lowest BCUT2D eigenvalue weighted by atomic mass is 9.92. The molecule has 0 aliphatic carbocycles. The second-order valence-electron chi connectivity index (χ2n) is 5.92. The zero-order chi connectivity index (χ0) is 22.0. The third kappa shape index (κ3) is 7.41. The number of carbonyl (C=O) groups excluding carboxylic acids is 4. The zero-order valence-electron chi connectivity index (χ0n) is 15.8. The highest BCUT2D eigenvalue weighted by molar-refractivity contribution is 7.80. The van der Waals surface area contributed by atoms with Gasteiger partial charge in [0.2, 0.25) is 17.4 Å². The Hall–Kier alpha value is -3.15. The fraction of sp³-hybridized carbons (Fsp3) is 0.412. The van der Waals surface area contributed by atoms with Crippen LogP contribution in [0, 0.1) is 10.1 Å². The first kappa shape index (κ1) is 23.9. The number of thiol groups is 1. The average molecular weight is 427 g/mol. The number of hydrogen-bond donors (Lipinski definition) is 3. The molecule has 1 atom stereocenters. The first-order valence-electron chi connectivity index (χ1n) is 8.41. The maximum absolute atomic E-state index is 12.7. The van der Waals surface area contributed by atoms with E-state index in [0.29, 0.717) is 5.69 Å². The van der Waals surface area contributed by atoms with E-state index < -0.39 is 28.3 Å². The molecule has 1 aromatic carbocycles. The summed E-state index contributed by atoms with van der Waals surface area (Å²) in [7, 11) is 0. The van der Waals surface area contributed by atoms with Crippen molar-refractivity contribution in [3.05, 3.63) is 34.4 Å². The van der Waals surface area contributed by atoms with Crippen molar-refractivity contribution in [2.24, 2.45) is 0 Å². The monoisotopic (exact) mass is 427 g/mol. The Morgan fingerprint density at radius 2 is 1.76 bits per heavy atom. The molecule has 0 spiro atoms. The van der Waals surface area contributed by atoms with E-state index in [2.05, 4.69) is 28.1 Å². The standard InChI is InChI=1S/C17H21N3O8S/c1-11(21)18-13-5-7-14(8-6-13)28-16(24)17(10-29,19-12(2)22)15(23)4-3-9-27-20(25)26/h5-8,29H,3-4,9-10H2,1-2H3,(H,18,21)(H,19,22). The second-order valence-corrected chi connectivity index (χ2v) is 6.24. The third-order valence-electron chi connectivity index (χ3n) is 3.58. The quantitative estimate of drug-likeness (QED) is 0.0896. The number of rotatable bonds is 11. The highest BCUT2D eigenvalue weighted by atomic mass is 32.1. The zero-order valence-corrected chi connectivity index (χ0v) is 16.7. The summed E-state index contributed by atoms with van der Waals surface area (Å²) in [6.07, 6.45) is -0.334. The first-order chi connectivity index (χ1) is 13.6. The molecule has 0 aliphatic heterocycles. The minimum atomic E-state index is -2.07. The maximum Gasteiger partial charge on any atom is 0.345 e. The molecule has 1 unspecified atom stereocenters. The summed E-state index contributed by atoms with van der Waals surface area (Å²) < 4.78 is 5.22. The number of ketones is 1. The highest BCUT2D eigenvalue weighted by Crippen LogP contribution is 2.21. The molecular formula is C17H21N3O8S. The van der Waals surface area contributed by atoms with Crippen molar-refractivity contribution >= 4 is 41.9 Å². The largest absolute Gasteiger partial charge is 0.424 e. The van der Waals surface area contributed by atoms with Crippen LogP contribution in [0.5, 0.6) is 5.75 Å². The van der Waals surface area contributed by atoms with E-state index in [9.17, 15) is 29.3 Å². The van der Waals surface area contributed by atoms with Crippen LogP contribution in [0.4, 0.5) is 5.69 Å². The van der Waals surface area contributed by atoms with Crippen LogP contribution in [0.3, 0.4) is 0 Å². The Morgan fingerprint density at radius 1 is 1.14 bits per heavy atom. The topological polar surface area (TPSA) is 154 Å². The van der Waals surface area contributed by atoms with Gasteiger partial charge < -0.3 is 20.2 Å². The van der Waals surface area contributed by atoms with Gasteiger partial charge in [-0.05, 0) is 30.7 Å². The van der Waals surface area contributed by atoms with E-state index in [-0.39, 0.29) is 36.9 Å². The van der Waals surface area contributed by atoms with E-state index in [4.69, 9.17) is 4.74 Å². The lowest BCUT2D eigenvalue weighted by molar-refractivity contribution is -0.757. The number of hydrogen-bond acceptors (Lipinski definition) is 9. The van der Waals surface area contributed by atoms with Gasteiger partial charge in [0.25, 0.3) is 5.09 Å². The van der Waals surface area contributed by atoms with Crippen molar-refractivity contribution in [1.82, 2.24) is 5.32 Å². The molecular weight excluding hydrogens is 406 g/mol. The molecule has 0 aromatic heterocycles.